The minimum Gasteiger partial charge on any atom is -0.372 e. The van der Waals surface area contributed by atoms with Crippen molar-refractivity contribution in [1.29, 1.82) is 0 Å². The van der Waals surface area contributed by atoms with Crippen LogP contribution in [0.15, 0.2) is 36.4 Å². The highest BCUT2D eigenvalue weighted by molar-refractivity contribution is 6.35. The normalized spacial score (nSPS) is 10.7. The summed E-state index contributed by atoms with van der Waals surface area (Å²) >= 11 is 0. The van der Waals surface area contributed by atoms with Crippen LogP contribution < -0.4 is 16.5 Å². The van der Waals surface area contributed by atoms with Crippen molar-refractivity contribution < 1.29 is 0 Å². The summed E-state index contributed by atoms with van der Waals surface area (Å²) < 4.78 is 0. The summed E-state index contributed by atoms with van der Waals surface area (Å²) in [4.78, 5) is 12.8. The maximum absolute atomic E-state index is 5.97. The lowest BCUT2D eigenvalue weighted by Gasteiger charge is -2.08. The van der Waals surface area contributed by atoms with E-state index < -0.39 is 0 Å². The van der Waals surface area contributed by atoms with E-state index in [0.29, 0.717) is 16.9 Å². The summed E-state index contributed by atoms with van der Waals surface area (Å²) in [6.07, 6.45) is 0. The fraction of sp³-hybridized carbons (Fsp3) is 0.0714. The number of nitrogen functional groups attached to an aromatic ring is 1. The molecular weight excluding hydrogens is 249 g/mol. The molecule has 96 valence electrons. The molecule has 5 nitrogen and oxygen atoms in total. The second-order valence-electron chi connectivity index (χ2n) is 4.34. The van der Waals surface area contributed by atoms with Crippen LogP contribution in [-0.2, 0) is 0 Å². The molecule has 0 aliphatic carbocycles. The maximum atomic E-state index is 5.97. The molecule has 0 aliphatic heterocycles. The number of fused-ring (bicyclic) bond motifs is 1. The Labute approximate surface area is 117 Å². The number of pyridine rings is 1. The largest absolute Gasteiger partial charge is 0.372 e. The topological polar surface area (TPSA) is 76.7 Å². The van der Waals surface area contributed by atoms with Crippen molar-refractivity contribution in [3.63, 3.8) is 0 Å². The maximum Gasteiger partial charge on any atom is 0.224 e. The fourth-order valence-electron chi connectivity index (χ4n) is 2.10. The number of aromatic nitrogens is 3. The van der Waals surface area contributed by atoms with Gasteiger partial charge in [0.1, 0.15) is 13.7 Å². The number of anilines is 2. The molecule has 2 heterocycles. The predicted octanol–water partition coefficient (Wildman–Crippen LogP) is 1.11. The first-order valence-electron chi connectivity index (χ1n) is 6.16. The average molecular weight is 261 g/mol. The van der Waals surface area contributed by atoms with Gasteiger partial charge in [-0.3, -0.25) is 0 Å². The van der Waals surface area contributed by atoms with E-state index in [9.17, 15) is 0 Å². The Balaban J connectivity index is 2.23. The minimum atomic E-state index is 0.188. The zero-order chi connectivity index (χ0) is 14.1. The van der Waals surface area contributed by atoms with Gasteiger partial charge in [0.25, 0.3) is 0 Å². The number of rotatable bonds is 2. The van der Waals surface area contributed by atoms with E-state index >= 15 is 0 Å². The summed E-state index contributed by atoms with van der Waals surface area (Å²) in [5, 5.41) is 3.81. The molecule has 0 spiro atoms. The van der Waals surface area contributed by atoms with Crippen molar-refractivity contribution in [3.8, 4) is 11.3 Å². The van der Waals surface area contributed by atoms with Gasteiger partial charge in [-0.1, -0.05) is 29.7 Å². The van der Waals surface area contributed by atoms with E-state index in [0.717, 1.165) is 16.6 Å². The van der Waals surface area contributed by atoms with Gasteiger partial charge in [0.15, 0.2) is 5.65 Å². The summed E-state index contributed by atoms with van der Waals surface area (Å²) in [5.41, 5.74) is 8.54. The standard InChI is InChI=1S/C14H12BN5/c1-17-12-9-6-7-11(8-4-2-3-5-10(8)15)18-13(9)20-14(16)19-12/h2-7H,1H3,(H3,16,17,18,19,20). The molecule has 0 fully saturated rings. The lowest BCUT2D eigenvalue weighted by atomic mass is 9.89. The van der Waals surface area contributed by atoms with Crippen molar-refractivity contribution in [2.45, 2.75) is 0 Å². The lowest BCUT2D eigenvalue weighted by Crippen LogP contribution is -2.07. The van der Waals surface area contributed by atoms with Gasteiger partial charge >= 0.3 is 0 Å². The molecule has 0 saturated carbocycles. The number of nitrogens with two attached hydrogens (primary N) is 1. The Hall–Kier alpha value is -2.63. The number of benzene rings is 1. The van der Waals surface area contributed by atoms with Gasteiger partial charge in [-0.2, -0.15) is 9.97 Å². The first-order chi connectivity index (χ1) is 9.69. The SMILES string of the molecule is [B]c1ccccc1-c1ccc2c(NC)nc(N)nc2n1. The third-order valence-electron chi connectivity index (χ3n) is 3.05. The van der Waals surface area contributed by atoms with E-state index in [1.165, 1.54) is 0 Å². The molecule has 3 aromatic rings. The monoisotopic (exact) mass is 261 g/mol. The highest BCUT2D eigenvalue weighted by Gasteiger charge is 2.09. The third kappa shape index (κ3) is 2.05. The Kier molecular flexibility index (Phi) is 2.98. The molecule has 2 aromatic heterocycles. The second kappa shape index (κ2) is 4.81. The molecule has 3 rings (SSSR count). The summed E-state index contributed by atoms with van der Waals surface area (Å²) in [6.45, 7) is 0. The zero-order valence-electron chi connectivity index (χ0n) is 11.0. The van der Waals surface area contributed by atoms with E-state index in [1.807, 2.05) is 36.4 Å². The van der Waals surface area contributed by atoms with Gasteiger partial charge in [-0.15, -0.1) is 0 Å². The molecule has 1 aromatic carbocycles. The van der Waals surface area contributed by atoms with E-state index in [1.54, 1.807) is 7.05 Å². The van der Waals surface area contributed by atoms with Gasteiger partial charge in [-0.05, 0) is 17.7 Å². The molecule has 0 saturated heterocycles. The molecule has 0 amide bonds. The van der Waals surface area contributed by atoms with Crippen LogP contribution in [0.5, 0.6) is 0 Å². The Morgan fingerprint density at radius 1 is 1.05 bits per heavy atom. The van der Waals surface area contributed by atoms with Crippen molar-refractivity contribution in [3.05, 3.63) is 36.4 Å². The number of nitrogens with one attached hydrogen (secondary N) is 1. The third-order valence-corrected chi connectivity index (χ3v) is 3.05. The average Bonchev–Trinajstić information content (AvgIpc) is 2.46. The molecule has 3 N–H and O–H groups in total. The zero-order valence-corrected chi connectivity index (χ0v) is 11.0. The molecule has 6 heteroatoms. The van der Waals surface area contributed by atoms with E-state index in [2.05, 4.69) is 20.3 Å². The van der Waals surface area contributed by atoms with Crippen LogP contribution in [0.3, 0.4) is 0 Å². The predicted molar refractivity (Wildman–Crippen MR) is 82.1 cm³/mol. The first kappa shape index (κ1) is 12.4. The van der Waals surface area contributed by atoms with Crippen molar-refractivity contribution >= 4 is 36.1 Å². The minimum absolute atomic E-state index is 0.188. The van der Waals surface area contributed by atoms with Gasteiger partial charge in [0.2, 0.25) is 5.95 Å². The van der Waals surface area contributed by atoms with Crippen LogP contribution in [0.25, 0.3) is 22.3 Å². The van der Waals surface area contributed by atoms with Crippen molar-refractivity contribution in [1.82, 2.24) is 15.0 Å². The molecular formula is C14H12BN5. The van der Waals surface area contributed by atoms with Gasteiger partial charge in [0, 0.05) is 7.05 Å². The van der Waals surface area contributed by atoms with Gasteiger partial charge in [0.05, 0.1) is 11.1 Å². The van der Waals surface area contributed by atoms with Gasteiger partial charge < -0.3 is 11.1 Å². The summed E-state index contributed by atoms with van der Waals surface area (Å²) in [5.74, 6) is 0.847. The second-order valence-corrected chi connectivity index (χ2v) is 4.34. The first-order valence-corrected chi connectivity index (χ1v) is 6.16. The molecule has 0 unspecified atom stereocenters. The fourth-order valence-corrected chi connectivity index (χ4v) is 2.10. The molecule has 0 atom stereocenters. The van der Waals surface area contributed by atoms with Crippen LogP contribution in [0.4, 0.5) is 11.8 Å². The number of nitrogens with zero attached hydrogens (tertiary/aromatic N) is 3. The van der Waals surface area contributed by atoms with Crippen LogP contribution in [-0.4, -0.2) is 29.8 Å². The smallest absolute Gasteiger partial charge is 0.224 e. The van der Waals surface area contributed by atoms with Gasteiger partial charge in [-0.25, -0.2) is 4.98 Å². The number of hydrogen-bond acceptors (Lipinski definition) is 5. The van der Waals surface area contributed by atoms with Crippen molar-refractivity contribution in [2.75, 3.05) is 18.1 Å². The molecule has 0 bridgehead atoms. The highest BCUT2D eigenvalue weighted by atomic mass is 15.1. The lowest BCUT2D eigenvalue weighted by molar-refractivity contribution is 1.19. The van der Waals surface area contributed by atoms with Crippen molar-refractivity contribution in [2.24, 2.45) is 0 Å². The molecule has 2 radical (unpaired) electrons. The van der Waals surface area contributed by atoms with E-state index in [-0.39, 0.29) is 5.95 Å². The molecule has 20 heavy (non-hydrogen) atoms. The van der Waals surface area contributed by atoms with Crippen LogP contribution in [0.1, 0.15) is 0 Å². The van der Waals surface area contributed by atoms with E-state index in [4.69, 9.17) is 13.6 Å². The van der Waals surface area contributed by atoms with Crippen LogP contribution in [0, 0.1) is 0 Å². The Morgan fingerprint density at radius 3 is 2.60 bits per heavy atom. The number of hydrogen-bond donors (Lipinski definition) is 2. The Bertz CT molecular complexity index is 788. The summed E-state index contributed by atoms with van der Waals surface area (Å²) in [7, 11) is 7.75. The van der Waals surface area contributed by atoms with Crippen LogP contribution in [0.2, 0.25) is 0 Å². The summed E-state index contributed by atoms with van der Waals surface area (Å²) in [6, 6.07) is 11.4. The Morgan fingerprint density at radius 2 is 1.85 bits per heavy atom. The molecule has 0 aliphatic rings. The quantitative estimate of drug-likeness (QED) is 0.676. The highest BCUT2D eigenvalue weighted by Crippen LogP contribution is 2.23. The van der Waals surface area contributed by atoms with Crippen LogP contribution >= 0.6 is 0 Å².